The Bertz CT molecular complexity index is 1690. The van der Waals surface area contributed by atoms with E-state index in [4.69, 9.17) is 53.7 Å². The molecule has 2 aromatic heterocycles. The van der Waals surface area contributed by atoms with E-state index < -0.39 is 17.7 Å². The van der Waals surface area contributed by atoms with Crippen LogP contribution in [0.25, 0.3) is 22.5 Å². The van der Waals surface area contributed by atoms with Gasteiger partial charge in [-0.05, 0) is 79.9 Å². The molecule has 3 aliphatic rings. The second-order valence-electron chi connectivity index (χ2n) is 13.7. The average molecular weight is 677 g/mol. The highest BCUT2D eigenvalue weighted by Crippen LogP contribution is 2.46. The highest BCUT2D eigenvalue weighted by Gasteiger charge is 2.37. The predicted octanol–water partition coefficient (Wildman–Crippen LogP) is 4.04. The first-order valence-electron chi connectivity index (χ1n) is 16.6. The van der Waals surface area contributed by atoms with Gasteiger partial charge in [0.25, 0.3) is 0 Å². The highest BCUT2D eigenvalue weighted by molar-refractivity contribution is 7.08. The van der Waals surface area contributed by atoms with Gasteiger partial charge >= 0.3 is 0 Å². The van der Waals surface area contributed by atoms with Gasteiger partial charge in [-0.15, -0.1) is 0 Å². The summed E-state index contributed by atoms with van der Waals surface area (Å²) >= 11 is 1.56. The molecule has 1 aliphatic heterocycles. The Balaban J connectivity index is 1.37. The summed E-state index contributed by atoms with van der Waals surface area (Å²) in [6, 6.07) is 6.01. The molecule has 1 fully saturated rings. The van der Waals surface area contributed by atoms with Crippen LogP contribution >= 0.6 is 11.3 Å². The van der Waals surface area contributed by atoms with Crippen LogP contribution in [0.1, 0.15) is 79.9 Å². The van der Waals surface area contributed by atoms with E-state index in [0.717, 1.165) is 77.9 Å². The van der Waals surface area contributed by atoms with Gasteiger partial charge in [0.2, 0.25) is 5.97 Å². The Morgan fingerprint density at radius 1 is 1.15 bits per heavy atom. The molecule has 3 heterocycles. The van der Waals surface area contributed by atoms with E-state index in [-0.39, 0.29) is 24.9 Å². The molecule has 0 bridgehead atoms. The number of Topliss-reactive ketones (excluding diaryl/α,β-unsaturated/α-hetero) is 1. The van der Waals surface area contributed by atoms with E-state index in [2.05, 4.69) is 31.2 Å². The third kappa shape index (κ3) is 7.74. The molecule has 0 radical (unpaired) electrons. The normalized spacial score (nSPS) is 21.6. The van der Waals surface area contributed by atoms with Crippen LogP contribution in [0.5, 0.6) is 11.5 Å². The van der Waals surface area contributed by atoms with Crippen molar-refractivity contribution in [2.75, 3.05) is 7.11 Å². The Hall–Kier alpha value is -3.40. The first-order valence-corrected chi connectivity index (χ1v) is 17.6. The lowest BCUT2D eigenvalue weighted by Gasteiger charge is -2.26. The van der Waals surface area contributed by atoms with E-state index in [1.165, 1.54) is 0 Å². The number of ketones is 1. The molecule has 0 amide bonds. The van der Waals surface area contributed by atoms with Crippen molar-refractivity contribution in [3.63, 3.8) is 0 Å². The fraction of sp³-hybridized carbons (Fsp3) is 0.486. The number of carbonyl (C=O) groups excluding carboxylic acids is 1. The smallest absolute Gasteiger partial charge is 0.227 e. The lowest BCUT2D eigenvalue weighted by molar-refractivity contribution is -0.0817. The zero-order valence-electron chi connectivity index (χ0n) is 27.7. The first-order chi connectivity index (χ1) is 22.8. The fourth-order valence-corrected chi connectivity index (χ4v) is 7.85. The average Bonchev–Trinajstić information content (AvgIpc) is 3.76. The van der Waals surface area contributed by atoms with Gasteiger partial charge in [0.15, 0.2) is 5.78 Å². The quantitative estimate of drug-likeness (QED) is 0.119. The molecule has 2 aliphatic carbocycles. The van der Waals surface area contributed by atoms with Gasteiger partial charge < -0.3 is 31.4 Å². The zero-order chi connectivity index (χ0) is 34.2. The molecule has 12 N–H and O–H groups in total. The second kappa shape index (κ2) is 13.8. The maximum absolute atomic E-state index is 14.5. The summed E-state index contributed by atoms with van der Waals surface area (Å²) in [5.41, 5.74) is 41.0. The third-order valence-corrected chi connectivity index (χ3v) is 10.2. The number of rotatable bonds is 12. The molecule has 6 rings (SSSR count). The van der Waals surface area contributed by atoms with Gasteiger partial charge in [0.05, 0.1) is 24.6 Å². The summed E-state index contributed by atoms with van der Waals surface area (Å²) in [4.78, 5) is 14.5. The Morgan fingerprint density at radius 3 is 2.67 bits per heavy atom. The summed E-state index contributed by atoms with van der Waals surface area (Å²) in [7, 11) is 1.67. The maximum atomic E-state index is 14.5. The maximum Gasteiger partial charge on any atom is 0.227 e. The fourth-order valence-electron chi connectivity index (χ4n) is 7.24. The number of methoxy groups -OCH3 is 1. The zero-order valence-corrected chi connectivity index (χ0v) is 28.5. The van der Waals surface area contributed by atoms with Gasteiger partial charge in [0, 0.05) is 40.5 Å². The van der Waals surface area contributed by atoms with Crippen molar-refractivity contribution >= 4 is 22.7 Å². The lowest BCUT2D eigenvalue weighted by Crippen LogP contribution is -2.61. The van der Waals surface area contributed by atoms with E-state index in [1.54, 1.807) is 18.4 Å². The van der Waals surface area contributed by atoms with Crippen molar-refractivity contribution in [2.24, 2.45) is 52.2 Å². The molecule has 48 heavy (non-hydrogen) atoms. The molecule has 12 nitrogen and oxygen atoms in total. The number of allylic oxidation sites excluding steroid dienone is 4. The molecule has 258 valence electrons. The monoisotopic (exact) mass is 676 g/mol. The van der Waals surface area contributed by atoms with Gasteiger partial charge in [-0.2, -0.15) is 16.4 Å². The van der Waals surface area contributed by atoms with E-state index >= 15 is 0 Å². The first kappa shape index (κ1) is 34.5. The molecule has 4 unspecified atom stereocenters. The molecular formula is C35H48N8O4S. The van der Waals surface area contributed by atoms with Crippen molar-refractivity contribution < 1.29 is 19.0 Å². The third-order valence-electron chi connectivity index (χ3n) is 9.56. The van der Waals surface area contributed by atoms with Crippen LogP contribution in [-0.2, 0) is 11.3 Å². The number of ether oxygens (including phenoxy) is 3. The van der Waals surface area contributed by atoms with Crippen LogP contribution < -0.4 is 43.9 Å². The Labute approximate surface area is 285 Å². The largest absolute Gasteiger partial charge is 0.496 e. The van der Waals surface area contributed by atoms with Gasteiger partial charge in [0.1, 0.15) is 29.6 Å². The van der Waals surface area contributed by atoms with Crippen LogP contribution in [0.2, 0.25) is 0 Å². The number of nitrogens with two attached hydrogens (primary N) is 6. The van der Waals surface area contributed by atoms with Gasteiger partial charge in [-0.3, -0.25) is 22.0 Å². The van der Waals surface area contributed by atoms with Gasteiger partial charge in [-0.1, -0.05) is 25.2 Å². The van der Waals surface area contributed by atoms with Crippen LogP contribution in [0.15, 0.2) is 47.2 Å². The van der Waals surface area contributed by atoms with E-state index in [1.807, 2.05) is 27.6 Å². The SMILES string of the molecule is COc1cc2c(cc1C1=CCCC(C)C=C1)-c1c(c(C(=O)C(CCC3CCC(OC(N)(N)N)C3)CC(N)(N)N)nn1-c1ccsc1)CO2. The number of hydrogen-bond donors (Lipinski definition) is 6. The number of benzene rings is 1. The number of carbonyl (C=O) groups is 1. The number of aromatic nitrogens is 2. The number of fused-ring (bicyclic) bond motifs is 3. The van der Waals surface area contributed by atoms with Crippen LogP contribution in [0.4, 0.5) is 0 Å². The Morgan fingerprint density at radius 2 is 1.96 bits per heavy atom. The van der Waals surface area contributed by atoms with Gasteiger partial charge in [-0.25, -0.2) is 4.68 Å². The van der Waals surface area contributed by atoms with E-state index in [9.17, 15) is 4.79 Å². The highest BCUT2D eigenvalue weighted by atomic mass is 32.1. The summed E-state index contributed by atoms with van der Waals surface area (Å²) in [5, 5.41) is 8.98. The van der Waals surface area contributed by atoms with Crippen molar-refractivity contribution in [1.29, 1.82) is 0 Å². The number of thiophene rings is 1. The minimum absolute atomic E-state index is 0.0911. The number of hydrogen-bond acceptors (Lipinski definition) is 12. The summed E-state index contributed by atoms with van der Waals surface area (Å²) in [5.74, 6) is -1.76. The van der Waals surface area contributed by atoms with Crippen molar-refractivity contribution in [3.05, 3.63) is 64.0 Å². The molecule has 0 spiro atoms. The van der Waals surface area contributed by atoms with E-state index in [0.29, 0.717) is 29.7 Å². The standard InChI is InChI=1S/C35H48N8O4S/c1-20-4-3-5-22(9-6-20)26-15-27-30(16-29(26)45-2)46-18-28-31(42-43(32(27)28)24-12-13-48-19-24)33(44)23(17-34(36,37)38)10-7-21-8-11-25(14-21)47-35(39,40)41/h5-6,9,12-13,15-16,19-21,23,25H,3-4,7-8,10-11,14,17-18,36-41H2,1-2H3. The minimum atomic E-state index is -1.68. The summed E-state index contributed by atoms with van der Waals surface area (Å²) in [6.45, 7) is 2.39. The van der Waals surface area contributed by atoms with Crippen molar-refractivity contribution in [2.45, 2.75) is 82.8 Å². The lowest BCUT2D eigenvalue weighted by atomic mass is 9.85. The topological polar surface area (TPSA) is 219 Å². The van der Waals surface area contributed by atoms with Crippen LogP contribution in [0, 0.1) is 17.8 Å². The molecule has 13 heteroatoms. The summed E-state index contributed by atoms with van der Waals surface area (Å²) < 4.78 is 19.6. The molecule has 0 saturated heterocycles. The minimum Gasteiger partial charge on any atom is -0.496 e. The molecule has 1 aromatic carbocycles. The molecule has 1 saturated carbocycles. The van der Waals surface area contributed by atoms with Crippen molar-refractivity contribution in [3.8, 4) is 28.4 Å². The predicted molar refractivity (Wildman–Crippen MR) is 188 cm³/mol. The molecule has 3 aromatic rings. The van der Waals surface area contributed by atoms with Crippen molar-refractivity contribution in [1.82, 2.24) is 9.78 Å². The molecular weight excluding hydrogens is 629 g/mol. The van der Waals surface area contributed by atoms with Crippen LogP contribution in [0.3, 0.4) is 0 Å². The molecule has 4 atom stereocenters. The second-order valence-corrected chi connectivity index (χ2v) is 14.5. The summed E-state index contributed by atoms with van der Waals surface area (Å²) in [6.07, 6.45) is 12.4. The number of nitrogens with zero attached hydrogens (tertiary/aromatic N) is 2. The van der Waals surface area contributed by atoms with Crippen LogP contribution in [-0.4, -0.2) is 40.5 Å². The Kier molecular flexibility index (Phi) is 9.94.